The van der Waals surface area contributed by atoms with Crippen molar-refractivity contribution in [1.29, 1.82) is 5.26 Å². The van der Waals surface area contributed by atoms with Crippen LogP contribution in [0.1, 0.15) is 75.1 Å². The van der Waals surface area contributed by atoms with E-state index in [0.29, 0.717) is 11.1 Å². The van der Waals surface area contributed by atoms with Gasteiger partial charge in [0.05, 0.1) is 17.7 Å². The maximum atomic E-state index is 14.4. The fourth-order valence-electron chi connectivity index (χ4n) is 3.78. The maximum Gasteiger partial charge on any atom is 0.275 e. The van der Waals surface area contributed by atoms with Gasteiger partial charge in [0.2, 0.25) is 0 Å². The van der Waals surface area contributed by atoms with E-state index in [1.54, 1.807) is 13.0 Å². The van der Waals surface area contributed by atoms with Crippen LogP contribution in [-0.4, -0.2) is 21.8 Å². The molecular formula is C26H24F3N5O2. The lowest BCUT2D eigenvalue weighted by Crippen LogP contribution is -2.30. The van der Waals surface area contributed by atoms with E-state index in [0.717, 1.165) is 18.5 Å². The number of nitriles is 1. The van der Waals surface area contributed by atoms with Crippen molar-refractivity contribution in [3.8, 4) is 6.07 Å². The average molecular weight is 496 g/mol. The van der Waals surface area contributed by atoms with Crippen LogP contribution in [0.25, 0.3) is 0 Å². The minimum Gasteiger partial charge on any atom is -0.347 e. The van der Waals surface area contributed by atoms with Crippen LogP contribution in [0, 0.1) is 24.1 Å². The van der Waals surface area contributed by atoms with E-state index in [-0.39, 0.29) is 40.4 Å². The van der Waals surface area contributed by atoms with E-state index in [9.17, 15) is 22.8 Å². The zero-order valence-electron chi connectivity index (χ0n) is 19.9. The number of hydrogen-bond donors (Lipinski definition) is 2. The summed E-state index contributed by atoms with van der Waals surface area (Å²) < 4.78 is 42.3. The predicted octanol–water partition coefficient (Wildman–Crippen LogP) is 4.72. The number of aryl methyl sites for hydroxylation is 1. The predicted molar refractivity (Wildman–Crippen MR) is 126 cm³/mol. The number of halogens is 3. The Labute approximate surface area is 206 Å². The van der Waals surface area contributed by atoms with Crippen molar-refractivity contribution in [1.82, 2.24) is 20.6 Å². The second-order valence-electron chi connectivity index (χ2n) is 7.90. The van der Waals surface area contributed by atoms with Crippen molar-refractivity contribution in [3.05, 3.63) is 93.8 Å². The molecule has 2 amide bonds. The summed E-state index contributed by atoms with van der Waals surface area (Å²) in [6.45, 7) is 5.72. The molecule has 4 rings (SSSR count). The molecule has 2 N–H and O–H groups in total. The van der Waals surface area contributed by atoms with Crippen molar-refractivity contribution in [2.24, 2.45) is 0 Å². The highest BCUT2D eigenvalue weighted by Crippen LogP contribution is 2.47. The zero-order valence-corrected chi connectivity index (χ0v) is 19.9. The molecule has 1 aliphatic carbocycles. The fraction of sp³-hybridized carbons (Fsp3) is 0.269. The van der Waals surface area contributed by atoms with Crippen molar-refractivity contribution in [3.63, 3.8) is 0 Å². The molecule has 0 aliphatic heterocycles. The smallest absolute Gasteiger partial charge is 0.275 e. The molecule has 1 aromatic heterocycles. The number of nitrogens with zero attached hydrogens (tertiary/aromatic N) is 3. The molecule has 1 atom stereocenters. The summed E-state index contributed by atoms with van der Waals surface area (Å²) >= 11 is 0. The molecule has 3 aromatic rings. The normalized spacial score (nSPS) is 15.1. The lowest BCUT2D eigenvalue weighted by Gasteiger charge is -2.14. The van der Waals surface area contributed by atoms with Gasteiger partial charge in [0.25, 0.3) is 17.7 Å². The molecular weight excluding hydrogens is 471 g/mol. The Hall–Kier alpha value is -4.26. The number of alkyl halides is 2. The standard InChI is InChI=1S/C24H18F3N5O2.C2H6/c1-13-6-15(3-5-18(13)25)11-29-22(33)19-8-20(31-12-30-19)23(34)32-21-9-24(26,27)17-7-14(10-28)2-4-16(17)21;1-2/h2-8,12,21H,9,11H2,1H3,(H,29,33)(H,32,34);1-2H3. The minimum atomic E-state index is -3.20. The summed E-state index contributed by atoms with van der Waals surface area (Å²) in [5.74, 6) is -4.88. The van der Waals surface area contributed by atoms with Gasteiger partial charge in [0, 0.05) is 24.6 Å². The molecule has 1 heterocycles. The number of carbonyl (C=O) groups excluding carboxylic acids is 2. The highest BCUT2D eigenvalue weighted by atomic mass is 19.3. The summed E-state index contributed by atoms with van der Waals surface area (Å²) in [4.78, 5) is 32.9. The third kappa shape index (κ3) is 5.68. The Balaban J connectivity index is 0.00000176. The van der Waals surface area contributed by atoms with Gasteiger partial charge in [0.1, 0.15) is 23.5 Å². The van der Waals surface area contributed by atoms with Crippen LogP contribution in [0.2, 0.25) is 0 Å². The van der Waals surface area contributed by atoms with Gasteiger partial charge in [-0.15, -0.1) is 0 Å². The first kappa shape index (κ1) is 26.3. The topological polar surface area (TPSA) is 108 Å². The van der Waals surface area contributed by atoms with E-state index in [4.69, 9.17) is 5.26 Å². The zero-order chi connectivity index (χ0) is 26.5. The van der Waals surface area contributed by atoms with E-state index < -0.39 is 30.2 Å². The molecule has 0 saturated heterocycles. The summed E-state index contributed by atoms with van der Waals surface area (Å²) in [5.41, 5.74) is 0.899. The van der Waals surface area contributed by atoms with Crippen LogP contribution >= 0.6 is 0 Å². The van der Waals surface area contributed by atoms with Crippen molar-refractivity contribution >= 4 is 11.8 Å². The first-order valence-electron chi connectivity index (χ1n) is 11.3. The van der Waals surface area contributed by atoms with E-state index in [1.807, 2.05) is 19.9 Å². The van der Waals surface area contributed by atoms with Gasteiger partial charge >= 0.3 is 0 Å². The number of rotatable bonds is 5. The molecule has 186 valence electrons. The number of amides is 2. The van der Waals surface area contributed by atoms with Crippen molar-refractivity contribution in [2.45, 2.75) is 45.7 Å². The van der Waals surface area contributed by atoms with Gasteiger partial charge in [0.15, 0.2) is 0 Å². The molecule has 0 bridgehead atoms. The van der Waals surface area contributed by atoms with Crippen molar-refractivity contribution < 1.29 is 22.8 Å². The Morgan fingerprint density at radius 3 is 2.44 bits per heavy atom. The van der Waals surface area contributed by atoms with Gasteiger partial charge < -0.3 is 10.6 Å². The highest BCUT2D eigenvalue weighted by Gasteiger charge is 2.45. The molecule has 1 aliphatic rings. The Morgan fingerprint density at radius 2 is 1.78 bits per heavy atom. The van der Waals surface area contributed by atoms with Gasteiger partial charge in [-0.1, -0.05) is 32.0 Å². The van der Waals surface area contributed by atoms with E-state index >= 15 is 0 Å². The second kappa shape index (κ2) is 11.0. The van der Waals surface area contributed by atoms with Gasteiger partial charge in [-0.3, -0.25) is 9.59 Å². The molecule has 0 saturated carbocycles. The van der Waals surface area contributed by atoms with Crippen LogP contribution in [0.15, 0.2) is 48.8 Å². The average Bonchev–Trinajstić information content (AvgIpc) is 3.14. The number of aromatic nitrogens is 2. The first-order valence-corrected chi connectivity index (χ1v) is 11.3. The third-order valence-electron chi connectivity index (χ3n) is 5.53. The summed E-state index contributed by atoms with van der Waals surface area (Å²) in [5, 5.41) is 14.1. The van der Waals surface area contributed by atoms with Crippen LogP contribution in [0.3, 0.4) is 0 Å². The van der Waals surface area contributed by atoms with Crippen LogP contribution in [0.5, 0.6) is 0 Å². The summed E-state index contributed by atoms with van der Waals surface area (Å²) in [6, 6.07) is 10.4. The number of fused-ring (bicyclic) bond motifs is 1. The number of nitrogens with one attached hydrogen (secondary N) is 2. The molecule has 1 unspecified atom stereocenters. The van der Waals surface area contributed by atoms with E-state index in [1.165, 1.54) is 24.3 Å². The fourth-order valence-corrected chi connectivity index (χ4v) is 3.78. The summed E-state index contributed by atoms with van der Waals surface area (Å²) in [7, 11) is 0. The molecule has 0 radical (unpaired) electrons. The van der Waals surface area contributed by atoms with Gasteiger partial charge in [-0.2, -0.15) is 5.26 Å². The molecule has 10 heteroatoms. The number of carbonyl (C=O) groups is 2. The third-order valence-corrected chi connectivity index (χ3v) is 5.53. The SMILES string of the molecule is CC.Cc1cc(CNC(=O)c2cc(C(=O)NC3CC(F)(F)c4cc(C#N)ccc43)ncn2)ccc1F. The van der Waals surface area contributed by atoms with Crippen LogP contribution in [-0.2, 0) is 12.5 Å². The van der Waals surface area contributed by atoms with Crippen LogP contribution in [0.4, 0.5) is 13.2 Å². The molecule has 36 heavy (non-hydrogen) atoms. The van der Waals surface area contributed by atoms with E-state index in [2.05, 4.69) is 20.6 Å². The second-order valence-corrected chi connectivity index (χ2v) is 7.90. The maximum absolute atomic E-state index is 14.4. The minimum absolute atomic E-state index is 0.0882. The summed E-state index contributed by atoms with van der Waals surface area (Å²) in [6.07, 6.45) is 0.376. The lowest BCUT2D eigenvalue weighted by molar-refractivity contribution is -0.00847. The van der Waals surface area contributed by atoms with Gasteiger partial charge in [-0.25, -0.2) is 23.1 Å². The largest absolute Gasteiger partial charge is 0.347 e. The molecule has 7 nitrogen and oxygen atoms in total. The quantitative estimate of drug-likeness (QED) is 0.533. The monoisotopic (exact) mass is 495 g/mol. The first-order chi connectivity index (χ1) is 17.2. The molecule has 0 fully saturated rings. The number of benzene rings is 2. The van der Waals surface area contributed by atoms with Gasteiger partial charge in [-0.05, 0) is 41.8 Å². The Kier molecular flexibility index (Phi) is 8.04. The lowest BCUT2D eigenvalue weighted by atomic mass is 10.0. The van der Waals surface area contributed by atoms with Crippen LogP contribution < -0.4 is 10.6 Å². The van der Waals surface area contributed by atoms with Crippen molar-refractivity contribution in [2.75, 3.05) is 0 Å². The Morgan fingerprint density at radius 1 is 1.08 bits per heavy atom. The highest BCUT2D eigenvalue weighted by molar-refractivity contribution is 5.97. The number of hydrogen-bond acceptors (Lipinski definition) is 5. The Bertz CT molecular complexity index is 1340. The molecule has 0 spiro atoms. The molecule has 2 aromatic carbocycles.